The molecule has 0 saturated carbocycles. The number of likely N-dealkylation sites (tertiary alicyclic amines) is 1. The first-order valence-electron chi connectivity index (χ1n) is 5.96. The smallest absolute Gasteiger partial charge is 0.208 e. The third-order valence-electron chi connectivity index (χ3n) is 2.83. The number of guanidine groups is 1. The van der Waals surface area contributed by atoms with Crippen molar-refractivity contribution in [1.82, 2.24) is 10.3 Å². The highest BCUT2D eigenvalue weighted by Crippen LogP contribution is 2.16. The van der Waals surface area contributed by atoms with Crippen molar-refractivity contribution in [2.45, 2.75) is 58.5 Å². The lowest BCUT2D eigenvalue weighted by Crippen LogP contribution is -2.49. The SMILES string of the molecule is CC(C)N=C(NN)N1CCCCCC1C. The highest BCUT2D eigenvalue weighted by atomic mass is 15.4. The molecule has 1 fully saturated rings. The number of hydrazine groups is 1. The van der Waals surface area contributed by atoms with E-state index in [2.05, 4.69) is 36.1 Å². The predicted molar refractivity (Wildman–Crippen MR) is 64.5 cm³/mol. The Morgan fingerprint density at radius 3 is 2.73 bits per heavy atom. The second-order valence-electron chi connectivity index (χ2n) is 4.58. The van der Waals surface area contributed by atoms with Crippen LogP contribution in [0.15, 0.2) is 4.99 Å². The lowest BCUT2D eigenvalue weighted by Gasteiger charge is -2.30. The number of hydrogen-bond donors (Lipinski definition) is 2. The fraction of sp³-hybridized carbons (Fsp3) is 0.909. The van der Waals surface area contributed by atoms with Gasteiger partial charge in [0.2, 0.25) is 5.96 Å². The molecule has 88 valence electrons. The van der Waals surface area contributed by atoms with Gasteiger partial charge in [0.25, 0.3) is 0 Å². The van der Waals surface area contributed by atoms with Crippen LogP contribution < -0.4 is 11.3 Å². The fourth-order valence-corrected chi connectivity index (χ4v) is 2.03. The van der Waals surface area contributed by atoms with Crippen LogP contribution in [-0.4, -0.2) is 29.5 Å². The standard InChI is InChI=1S/C11H24N4/c1-9(2)13-11(14-12)15-8-6-4-5-7-10(15)3/h9-10H,4-8,12H2,1-3H3,(H,13,14). The van der Waals surface area contributed by atoms with Crippen molar-refractivity contribution < 1.29 is 0 Å². The number of aliphatic imine (C=N–C) groups is 1. The predicted octanol–water partition coefficient (Wildman–Crippen LogP) is 1.48. The first-order chi connectivity index (χ1) is 7.15. The van der Waals surface area contributed by atoms with Crippen LogP contribution in [0.25, 0.3) is 0 Å². The van der Waals surface area contributed by atoms with Gasteiger partial charge in [0.15, 0.2) is 0 Å². The summed E-state index contributed by atoms with van der Waals surface area (Å²) in [5.41, 5.74) is 2.74. The Morgan fingerprint density at radius 1 is 1.40 bits per heavy atom. The van der Waals surface area contributed by atoms with E-state index >= 15 is 0 Å². The van der Waals surface area contributed by atoms with Crippen LogP contribution in [0.2, 0.25) is 0 Å². The molecule has 1 atom stereocenters. The van der Waals surface area contributed by atoms with Gasteiger partial charge in [-0.3, -0.25) is 5.43 Å². The zero-order chi connectivity index (χ0) is 11.3. The molecule has 0 aromatic rings. The molecule has 4 nitrogen and oxygen atoms in total. The summed E-state index contributed by atoms with van der Waals surface area (Å²) in [5.74, 6) is 6.39. The molecule has 15 heavy (non-hydrogen) atoms. The summed E-state index contributed by atoms with van der Waals surface area (Å²) in [4.78, 5) is 6.82. The minimum atomic E-state index is 0.284. The summed E-state index contributed by atoms with van der Waals surface area (Å²) in [7, 11) is 0. The average Bonchev–Trinajstić information content (AvgIpc) is 2.39. The summed E-state index contributed by atoms with van der Waals surface area (Å²) in [6.07, 6.45) is 5.11. The lowest BCUT2D eigenvalue weighted by atomic mass is 10.1. The van der Waals surface area contributed by atoms with Crippen LogP contribution in [0.1, 0.15) is 46.5 Å². The molecule has 1 aliphatic rings. The Bertz CT molecular complexity index is 213. The van der Waals surface area contributed by atoms with Crippen molar-refractivity contribution in [3.05, 3.63) is 0 Å². The van der Waals surface area contributed by atoms with Crippen molar-refractivity contribution in [3.8, 4) is 0 Å². The zero-order valence-electron chi connectivity index (χ0n) is 10.2. The number of nitrogens with one attached hydrogen (secondary N) is 1. The number of nitrogens with two attached hydrogens (primary N) is 1. The van der Waals surface area contributed by atoms with E-state index in [9.17, 15) is 0 Å². The maximum Gasteiger partial charge on any atom is 0.208 e. The van der Waals surface area contributed by atoms with Gasteiger partial charge in [-0.05, 0) is 33.6 Å². The summed E-state index contributed by atoms with van der Waals surface area (Å²) in [5, 5.41) is 0. The van der Waals surface area contributed by atoms with Gasteiger partial charge in [0, 0.05) is 18.6 Å². The first-order valence-corrected chi connectivity index (χ1v) is 5.96. The third-order valence-corrected chi connectivity index (χ3v) is 2.83. The van der Waals surface area contributed by atoms with E-state index in [1.54, 1.807) is 0 Å². The second kappa shape index (κ2) is 5.95. The van der Waals surface area contributed by atoms with Gasteiger partial charge < -0.3 is 4.90 Å². The molecule has 4 heteroatoms. The van der Waals surface area contributed by atoms with Gasteiger partial charge in [-0.1, -0.05) is 12.8 Å². The average molecular weight is 212 g/mol. The summed E-state index contributed by atoms with van der Waals surface area (Å²) in [6.45, 7) is 7.45. The van der Waals surface area contributed by atoms with Crippen LogP contribution in [0.3, 0.4) is 0 Å². The topological polar surface area (TPSA) is 53.6 Å². The second-order valence-corrected chi connectivity index (χ2v) is 4.58. The van der Waals surface area contributed by atoms with E-state index in [0.29, 0.717) is 6.04 Å². The monoisotopic (exact) mass is 212 g/mol. The molecule has 0 aliphatic carbocycles. The summed E-state index contributed by atoms with van der Waals surface area (Å²) < 4.78 is 0. The molecule has 1 saturated heterocycles. The molecule has 1 rings (SSSR count). The van der Waals surface area contributed by atoms with Crippen molar-refractivity contribution >= 4 is 5.96 Å². The molecule has 0 aromatic carbocycles. The van der Waals surface area contributed by atoms with Gasteiger partial charge in [0.05, 0.1) is 0 Å². The molecular weight excluding hydrogens is 188 g/mol. The molecular formula is C11H24N4. The maximum absolute atomic E-state index is 5.54. The fourth-order valence-electron chi connectivity index (χ4n) is 2.03. The van der Waals surface area contributed by atoms with Gasteiger partial charge in [0.1, 0.15) is 0 Å². The van der Waals surface area contributed by atoms with Gasteiger partial charge in [-0.15, -0.1) is 0 Å². The van der Waals surface area contributed by atoms with Crippen molar-refractivity contribution in [3.63, 3.8) is 0 Å². The Hall–Kier alpha value is -0.770. The Morgan fingerprint density at radius 2 is 2.13 bits per heavy atom. The molecule has 3 N–H and O–H groups in total. The number of nitrogens with zero attached hydrogens (tertiary/aromatic N) is 2. The minimum Gasteiger partial charge on any atom is -0.339 e. The van der Waals surface area contributed by atoms with Gasteiger partial charge >= 0.3 is 0 Å². The molecule has 1 heterocycles. The molecule has 1 aliphatic heterocycles. The van der Waals surface area contributed by atoms with Crippen molar-refractivity contribution in [1.29, 1.82) is 0 Å². The van der Waals surface area contributed by atoms with E-state index in [1.807, 2.05) is 0 Å². The number of rotatable bonds is 1. The van der Waals surface area contributed by atoms with E-state index in [-0.39, 0.29) is 6.04 Å². The molecule has 1 unspecified atom stereocenters. The molecule has 0 bridgehead atoms. The van der Waals surface area contributed by atoms with E-state index < -0.39 is 0 Å². The molecule has 0 spiro atoms. The Labute approximate surface area is 92.9 Å². The van der Waals surface area contributed by atoms with Gasteiger partial charge in [-0.2, -0.15) is 0 Å². The normalized spacial score (nSPS) is 24.2. The quantitative estimate of drug-likeness (QED) is 0.299. The van der Waals surface area contributed by atoms with Crippen LogP contribution in [0, 0.1) is 0 Å². The lowest BCUT2D eigenvalue weighted by molar-refractivity contribution is 0.323. The molecule has 0 aromatic heterocycles. The van der Waals surface area contributed by atoms with Crippen LogP contribution in [-0.2, 0) is 0 Å². The summed E-state index contributed by atoms with van der Waals surface area (Å²) >= 11 is 0. The van der Waals surface area contributed by atoms with E-state index in [1.165, 1.54) is 25.7 Å². The van der Waals surface area contributed by atoms with Crippen LogP contribution in [0.4, 0.5) is 0 Å². The minimum absolute atomic E-state index is 0.284. The van der Waals surface area contributed by atoms with Crippen LogP contribution >= 0.6 is 0 Å². The highest BCUT2D eigenvalue weighted by Gasteiger charge is 2.19. The van der Waals surface area contributed by atoms with E-state index in [4.69, 9.17) is 5.84 Å². The van der Waals surface area contributed by atoms with Gasteiger partial charge in [-0.25, -0.2) is 10.8 Å². The third kappa shape index (κ3) is 3.70. The maximum atomic E-state index is 5.54. The summed E-state index contributed by atoms with van der Waals surface area (Å²) in [6, 6.07) is 0.826. The first kappa shape index (κ1) is 12.3. The largest absolute Gasteiger partial charge is 0.339 e. The highest BCUT2D eigenvalue weighted by molar-refractivity contribution is 5.79. The Balaban J connectivity index is 2.71. The molecule has 0 amide bonds. The van der Waals surface area contributed by atoms with Crippen LogP contribution in [0.5, 0.6) is 0 Å². The Kier molecular flexibility index (Phi) is 4.88. The van der Waals surface area contributed by atoms with Crippen molar-refractivity contribution in [2.75, 3.05) is 6.54 Å². The van der Waals surface area contributed by atoms with E-state index in [0.717, 1.165) is 12.5 Å². The molecule has 0 radical (unpaired) electrons. The van der Waals surface area contributed by atoms with Crippen molar-refractivity contribution in [2.24, 2.45) is 10.8 Å². The number of hydrogen-bond acceptors (Lipinski definition) is 2. The zero-order valence-corrected chi connectivity index (χ0v) is 10.2.